The van der Waals surface area contributed by atoms with Crippen molar-refractivity contribution in [3.63, 3.8) is 0 Å². The molecule has 4 aromatic rings. The van der Waals surface area contributed by atoms with Crippen LogP contribution in [0.4, 0.5) is 0 Å². The average Bonchev–Trinajstić information content (AvgIpc) is 3.21. The average molecular weight is 377 g/mol. The zero-order valence-corrected chi connectivity index (χ0v) is 15.8. The standard InChI is InChI=1S/C20H19N5OS/c1-13-22-18-5-4-15(9-19(18)27-13)25-20(26)16-12-24(8-6-17(16)23-25)11-14-3-2-7-21-10-14/h2-5,7,9-10,23H,6,8,11-12H2,1H3. The number of hydrogen-bond acceptors (Lipinski definition) is 5. The molecule has 0 aliphatic carbocycles. The summed E-state index contributed by atoms with van der Waals surface area (Å²) in [5.74, 6) is 0. The summed E-state index contributed by atoms with van der Waals surface area (Å²) in [6, 6.07) is 10.00. The molecule has 0 bridgehead atoms. The van der Waals surface area contributed by atoms with Gasteiger partial charge in [-0.3, -0.25) is 19.8 Å². The van der Waals surface area contributed by atoms with Crippen LogP contribution in [0.3, 0.4) is 0 Å². The van der Waals surface area contributed by atoms with E-state index in [1.54, 1.807) is 22.2 Å². The molecule has 0 unspecified atom stereocenters. The zero-order chi connectivity index (χ0) is 18.4. The topological polar surface area (TPSA) is 66.8 Å². The highest BCUT2D eigenvalue weighted by Gasteiger charge is 2.23. The Morgan fingerprint density at radius 3 is 3.07 bits per heavy atom. The molecule has 1 aliphatic heterocycles. The van der Waals surface area contributed by atoms with Crippen LogP contribution >= 0.6 is 11.3 Å². The fourth-order valence-electron chi connectivity index (χ4n) is 3.69. The van der Waals surface area contributed by atoms with Crippen molar-refractivity contribution in [1.29, 1.82) is 0 Å². The molecular weight excluding hydrogens is 358 g/mol. The first-order valence-corrected chi connectivity index (χ1v) is 9.80. The molecule has 1 N–H and O–H groups in total. The normalized spacial score (nSPS) is 14.6. The van der Waals surface area contributed by atoms with Gasteiger partial charge < -0.3 is 0 Å². The number of aromatic amines is 1. The Labute approximate surface area is 160 Å². The first-order chi connectivity index (χ1) is 13.2. The quantitative estimate of drug-likeness (QED) is 0.596. The minimum atomic E-state index is 0.0430. The molecule has 1 aliphatic rings. The van der Waals surface area contributed by atoms with Gasteiger partial charge in [-0.1, -0.05) is 6.07 Å². The molecule has 0 spiro atoms. The Hall–Kier alpha value is -2.77. The van der Waals surface area contributed by atoms with E-state index < -0.39 is 0 Å². The highest BCUT2D eigenvalue weighted by molar-refractivity contribution is 7.18. The Bertz CT molecular complexity index is 1170. The molecule has 0 radical (unpaired) electrons. The van der Waals surface area contributed by atoms with E-state index in [-0.39, 0.29) is 5.56 Å². The summed E-state index contributed by atoms with van der Waals surface area (Å²) < 4.78 is 2.77. The van der Waals surface area contributed by atoms with E-state index in [0.717, 1.165) is 51.7 Å². The summed E-state index contributed by atoms with van der Waals surface area (Å²) in [4.78, 5) is 24.0. The van der Waals surface area contributed by atoms with E-state index in [1.807, 2.05) is 37.4 Å². The lowest BCUT2D eigenvalue weighted by molar-refractivity contribution is 0.244. The van der Waals surface area contributed by atoms with E-state index in [1.165, 1.54) is 5.56 Å². The van der Waals surface area contributed by atoms with E-state index in [0.29, 0.717) is 6.54 Å². The molecule has 0 saturated carbocycles. The number of benzene rings is 1. The van der Waals surface area contributed by atoms with Crippen molar-refractivity contribution in [1.82, 2.24) is 24.6 Å². The van der Waals surface area contributed by atoms with Gasteiger partial charge in [-0.25, -0.2) is 9.67 Å². The Morgan fingerprint density at radius 1 is 1.30 bits per heavy atom. The van der Waals surface area contributed by atoms with Gasteiger partial charge in [0.05, 0.1) is 26.5 Å². The molecule has 1 aromatic carbocycles. The van der Waals surface area contributed by atoms with Crippen molar-refractivity contribution in [2.75, 3.05) is 6.54 Å². The van der Waals surface area contributed by atoms with Gasteiger partial charge in [0.25, 0.3) is 5.56 Å². The van der Waals surface area contributed by atoms with Crippen LogP contribution in [-0.2, 0) is 19.5 Å². The van der Waals surface area contributed by atoms with Crippen LogP contribution in [0.1, 0.15) is 21.8 Å². The second kappa shape index (κ2) is 6.44. The molecule has 6 nitrogen and oxygen atoms in total. The summed E-state index contributed by atoms with van der Waals surface area (Å²) in [7, 11) is 0. The molecule has 0 atom stereocenters. The molecule has 0 fully saturated rings. The number of rotatable bonds is 3. The third-order valence-electron chi connectivity index (χ3n) is 5.00. The SMILES string of the molecule is Cc1nc2ccc(-n3[nH]c4c(c3=O)CN(Cc3cccnc3)CC4)cc2s1. The fourth-order valence-corrected chi connectivity index (χ4v) is 4.55. The van der Waals surface area contributed by atoms with Crippen molar-refractivity contribution in [2.45, 2.75) is 26.4 Å². The van der Waals surface area contributed by atoms with Crippen LogP contribution < -0.4 is 5.56 Å². The number of nitrogens with one attached hydrogen (secondary N) is 1. The molecule has 3 aromatic heterocycles. The minimum Gasteiger partial charge on any atom is -0.295 e. The highest BCUT2D eigenvalue weighted by atomic mass is 32.1. The molecule has 4 heterocycles. The van der Waals surface area contributed by atoms with Crippen LogP contribution in [0.15, 0.2) is 47.5 Å². The molecule has 27 heavy (non-hydrogen) atoms. The summed E-state index contributed by atoms with van der Waals surface area (Å²) >= 11 is 1.65. The van der Waals surface area contributed by atoms with E-state index >= 15 is 0 Å². The zero-order valence-electron chi connectivity index (χ0n) is 15.0. The van der Waals surface area contributed by atoms with Crippen LogP contribution in [0.5, 0.6) is 0 Å². The third kappa shape index (κ3) is 2.98. The van der Waals surface area contributed by atoms with E-state index in [2.05, 4.69) is 26.0 Å². The Morgan fingerprint density at radius 2 is 2.22 bits per heavy atom. The van der Waals surface area contributed by atoms with Crippen LogP contribution in [-0.4, -0.2) is 31.2 Å². The van der Waals surface area contributed by atoms with Gasteiger partial charge in [0.15, 0.2) is 0 Å². The summed E-state index contributed by atoms with van der Waals surface area (Å²) in [5.41, 5.74) is 4.97. The maximum Gasteiger partial charge on any atom is 0.275 e. The predicted molar refractivity (Wildman–Crippen MR) is 106 cm³/mol. The third-order valence-corrected chi connectivity index (χ3v) is 5.93. The van der Waals surface area contributed by atoms with Crippen molar-refractivity contribution >= 4 is 21.6 Å². The first kappa shape index (κ1) is 16.4. The smallest absolute Gasteiger partial charge is 0.275 e. The maximum absolute atomic E-state index is 13.0. The maximum atomic E-state index is 13.0. The minimum absolute atomic E-state index is 0.0430. The van der Waals surface area contributed by atoms with Crippen molar-refractivity contribution in [3.05, 3.63) is 74.9 Å². The van der Waals surface area contributed by atoms with Gasteiger partial charge >= 0.3 is 0 Å². The monoisotopic (exact) mass is 377 g/mol. The lowest BCUT2D eigenvalue weighted by Crippen LogP contribution is -2.32. The van der Waals surface area contributed by atoms with Crippen LogP contribution in [0.25, 0.3) is 15.9 Å². The number of thiazole rings is 1. The number of aromatic nitrogens is 4. The van der Waals surface area contributed by atoms with E-state index in [4.69, 9.17) is 0 Å². The van der Waals surface area contributed by atoms with Gasteiger partial charge in [-0.15, -0.1) is 11.3 Å². The summed E-state index contributed by atoms with van der Waals surface area (Å²) in [6.45, 7) is 4.40. The van der Waals surface area contributed by atoms with Gasteiger partial charge in [0, 0.05) is 44.1 Å². The second-order valence-electron chi connectivity index (χ2n) is 6.92. The largest absolute Gasteiger partial charge is 0.295 e. The molecule has 0 amide bonds. The first-order valence-electron chi connectivity index (χ1n) is 8.99. The Kier molecular flexibility index (Phi) is 3.91. The second-order valence-corrected chi connectivity index (χ2v) is 8.15. The molecular formula is C20H19N5OS. The van der Waals surface area contributed by atoms with Crippen molar-refractivity contribution < 1.29 is 0 Å². The van der Waals surface area contributed by atoms with Gasteiger partial charge in [-0.2, -0.15) is 0 Å². The van der Waals surface area contributed by atoms with Crippen molar-refractivity contribution in [3.8, 4) is 5.69 Å². The number of hydrogen-bond donors (Lipinski definition) is 1. The van der Waals surface area contributed by atoms with Gasteiger partial charge in [-0.05, 0) is 36.8 Å². The van der Waals surface area contributed by atoms with Crippen LogP contribution in [0.2, 0.25) is 0 Å². The molecule has 7 heteroatoms. The lowest BCUT2D eigenvalue weighted by Gasteiger charge is -2.25. The Balaban J connectivity index is 1.46. The number of nitrogens with zero attached hydrogens (tertiary/aromatic N) is 4. The number of H-pyrrole nitrogens is 1. The van der Waals surface area contributed by atoms with Gasteiger partial charge in [0.2, 0.25) is 0 Å². The summed E-state index contributed by atoms with van der Waals surface area (Å²) in [6.07, 6.45) is 4.51. The fraction of sp³-hybridized carbons (Fsp3) is 0.250. The predicted octanol–water partition coefficient (Wildman–Crippen LogP) is 3.04. The molecule has 5 rings (SSSR count). The van der Waals surface area contributed by atoms with Gasteiger partial charge in [0.1, 0.15) is 0 Å². The summed E-state index contributed by atoms with van der Waals surface area (Å²) in [5, 5.41) is 4.36. The molecule has 0 saturated heterocycles. The van der Waals surface area contributed by atoms with E-state index in [9.17, 15) is 4.79 Å². The number of fused-ring (bicyclic) bond motifs is 2. The number of aryl methyl sites for hydroxylation is 1. The lowest BCUT2D eigenvalue weighted by atomic mass is 10.1. The molecule has 136 valence electrons. The number of pyridine rings is 1. The van der Waals surface area contributed by atoms with Crippen molar-refractivity contribution in [2.24, 2.45) is 0 Å². The highest BCUT2D eigenvalue weighted by Crippen LogP contribution is 2.24. The van der Waals surface area contributed by atoms with Crippen LogP contribution in [0, 0.1) is 6.92 Å².